The molecule has 170 valence electrons. The van der Waals surface area contributed by atoms with Gasteiger partial charge in [0, 0.05) is 46.3 Å². The Balaban J connectivity index is 2.40. The minimum absolute atomic E-state index is 0.248. The van der Waals surface area contributed by atoms with Crippen LogP contribution >= 0.6 is 0 Å². The van der Waals surface area contributed by atoms with Crippen molar-refractivity contribution in [3.05, 3.63) is 0 Å². The number of ether oxygens (including phenoxy) is 1. The van der Waals surface area contributed by atoms with Gasteiger partial charge < -0.3 is 19.9 Å². The minimum atomic E-state index is -3.14. The number of sulfonamides is 1. The fourth-order valence-corrected chi connectivity index (χ4v) is 3.69. The number of likely N-dealkylation sites (tertiary alicyclic amines) is 1. The zero-order valence-corrected chi connectivity index (χ0v) is 19.6. The molecule has 0 atom stereocenters. The number of amides is 1. The van der Waals surface area contributed by atoms with Gasteiger partial charge in [-0.2, -0.15) is 0 Å². The molecule has 0 unspecified atom stereocenters. The SMILES string of the molecule is CCN(CC1CCN(C(=NC)NCCCNS(C)(=O)=O)CC1)C(=O)OC(C)(C)C. The summed E-state index contributed by atoms with van der Waals surface area (Å²) >= 11 is 0. The van der Waals surface area contributed by atoms with E-state index in [4.69, 9.17) is 4.74 Å². The lowest BCUT2D eigenvalue weighted by atomic mass is 9.96. The van der Waals surface area contributed by atoms with Crippen LogP contribution in [0.3, 0.4) is 0 Å². The average Bonchev–Trinajstić information content (AvgIpc) is 2.61. The molecule has 0 aromatic carbocycles. The van der Waals surface area contributed by atoms with Crippen LogP contribution in [-0.4, -0.2) is 88.4 Å². The highest BCUT2D eigenvalue weighted by Crippen LogP contribution is 2.20. The smallest absolute Gasteiger partial charge is 0.410 e. The summed E-state index contributed by atoms with van der Waals surface area (Å²) in [7, 11) is -1.39. The normalized spacial score (nSPS) is 16.6. The van der Waals surface area contributed by atoms with Crippen molar-refractivity contribution in [3.8, 4) is 0 Å². The van der Waals surface area contributed by atoms with Gasteiger partial charge in [-0.25, -0.2) is 17.9 Å². The van der Waals surface area contributed by atoms with Crippen LogP contribution < -0.4 is 10.0 Å². The van der Waals surface area contributed by atoms with E-state index in [0.717, 1.165) is 38.1 Å². The molecule has 0 radical (unpaired) electrons. The molecule has 1 fully saturated rings. The van der Waals surface area contributed by atoms with Gasteiger partial charge in [-0.1, -0.05) is 0 Å². The quantitative estimate of drug-likeness (QED) is 0.341. The zero-order valence-electron chi connectivity index (χ0n) is 18.8. The fraction of sp³-hybridized carbons (Fsp3) is 0.895. The minimum Gasteiger partial charge on any atom is -0.444 e. The summed E-state index contributed by atoms with van der Waals surface area (Å²) in [6.45, 7) is 11.8. The van der Waals surface area contributed by atoms with Gasteiger partial charge in [0.1, 0.15) is 5.60 Å². The predicted octanol–water partition coefficient (Wildman–Crippen LogP) is 1.47. The Morgan fingerprint density at radius 1 is 1.24 bits per heavy atom. The van der Waals surface area contributed by atoms with Crippen molar-refractivity contribution in [1.29, 1.82) is 0 Å². The number of carbonyl (C=O) groups is 1. The van der Waals surface area contributed by atoms with Crippen LogP contribution in [0.2, 0.25) is 0 Å². The fourth-order valence-electron chi connectivity index (χ4n) is 3.18. The second-order valence-electron chi connectivity index (χ2n) is 8.44. The van der Waals surface area contributed by atoms with E-state index in [1.54, 1.807) is 11.9 Å². The lowest BCUT2D eigenvalue weighted by Gasteiger charge is -2.36. The van der Waals surface area contributed by atoms with Gasteiger partial charge in [-0.15, -0.1) is 0 Å². The van der Waals surface area contributed by atoms with E-state index >= 15 is 0 Å². The molecule has 1 aliphatic heterocycles. The third-order valence-electron chi connectivity index (χ3n) is 4.64. The van der Waals surface area contributed by atoms with Crippen molar-refractivity contribution in [2.75, 3.05) is 52.6 Å². The molecule has 1 aliphatic rings. The lowest BCUT2D eigenvalue weighted by Crippen LogP contribution is -2.48. The van der Waals surface area contributed by atoms with Crippen LogP contribution in [0.5, 0.6) is 0 Å². The molecule has 0 aliphatic carbocycles. The Hall–Kier alpha value is -1.55. The van der Waals surface area contributed by atoms with Gasteiger partial charge in [-0.3, -0.25) is 4.99 Å². The number of nitrogens with zero attached hydrogens (tertiary/aromatic N) is 3. The number of nitrogens with one attached hydrogen (secondary N) is 2. The number of hydrogen-bond acceptors (Lipinski definition) is 5. The summed E-state index contributed by atoms with van der Waals surface area (Å²) in [5.41, 5.74) is -0.483. The Kier molecular flexibility index (Phi) is 10.2. The van der Waals surface area contributed by atoms with Crippen LogP contribution in [0.1, 0.15) is 47.0 Å². The van der Waals surface area contributed by atoms with E-state index in [-0.39, 0.29) is 6.09 Å². The first-order valence-electron chi connectivity index (χ1n) is 10.3. The summed E-state index contributed by atoms with van der Waals surface area (Å²) in [6.07, 6.45) is 3.56. The van der Waals surface area contributed by atoms with Crippen molar-refractivity contribution in [2.45, 2.75) is 52.6 Å². The highest BCUT2D eigenvalue weighted by molar-refractivity contribution is 7.88. The molecule has 1 amide bonds. The molecule has 0 spiro atoms. The molecule has 0 saturated carbocycles. The monoisotopic (exact) mass is 433 g/mol. The molecule has 0 bridgehead atoms. The Bertz CT molecular complexity index is 637. The van der Waals surface area contributed by atoms with Crippen molar-refractivity contribution >= 4 is 22.1 Å². The molecule has 0 aromatic heterocycles. The second kappa shape index (κ2) is 11.6. The van der Waals surface area contributed by atoms with Crippen LogP contribution in [0.25, 0.3) is 0 Å². The van der Waals surface area contributed by atoms with E-state index in [9.17, 15) is 13.2 Å². The third-order valence-corrected chi connectivity index (χ3v) is 5.37. The molecular formula is C19H39N5O4S. The summed E-state index contributed by atoms with van der Waals surface area (Å²) < 4.78 is 30.1. The largest absolute Gasteiger partial charge is 0.444 e. The maximum atomic E-state index is 12.3. The number of aliphatic imine (C=N–C) groups is 1. The summed E-state index contributed by atoms with van der Waals surface area (Å²) in [6, 6.07) is 0. The van der Waals surface area contributed by atoms with E-state index in [1.807, 2.05) is 27.7 Å². The molecule has 1 rings (SSSR count). The Morgan fingerprint density at radius 3 is 2.34 bits per heavy atom. The van der Waals surface area contributed by atoms with Crippen LogP contribution in [0, 0.1) is 5.92 Å². The van der Waals surface area contributed by atoms with E-state index < -0.39 is 15.6 Å². The molecule has 1 heterocycles. The van der Waals surface area contributed by atoms with E-state index in [1.165, 1.54) is 0 Å². The zero-order chi connectivity index (χ0) is 22.1. The first-order valence-corrected chi connectivity index (χ1v) is 12.2. The van der Waals surface area contributed by atoms with Gasteiger partial charge in [0.05, 0.1) is 6.26 Å². The van der Waals surface area contributed by atoms with Crippen molar-refractivity contribution in [1.82, 2.24) is 19.8 Å². The van der Waals surface area contributed by atoms with E-state index in [2.05, 4.69) is 19.9 Å². The second-order valence-corrected chi connectivity index (χ2v) is 10.3. The number of rotatable bonds is 8. The van der Waals surface area contributed by atoms with Crippen LogP contribution in [0.4, 0.5) is 4.79 Å². The van der Waals surface area contributed by atoms with Gasteiger partial charge in [0.15, 0.2) is 5.96 Å². The van der Waals surface area contributed by atoms with Crippen LogP contribution in [-0.2, 0) is 14.8 Å². The number of piperidine rings is 1. The van der Waals surface area contributed by atoms with Gasteiger partial charge in [0.25, 0.3) is 0 Å². The Labute approximate surface area is 176 Å². The number of guanidine groups is 1. The highest BCUT2D eigenvalue weighted by atomic mass is 32.2. The lowest BCUT2D eigenvalue weighted by molar-refractivity contribution is 0.0214. The number of hydrogen-bond donors (Lipinski definition) is 2. The first kappa shape index (κ1) is 25.5. The molecule has 10 heteroatoms. The maximum Gasteiger partial charge on any atom is 0.410 e. The third kappa shape index (κ3) is 10.7. The van der Waals surface area contributed by atoms with Gasteiger partial charge >= 0.3 is 6.09 Å². The molecule has 1 saturated heterocycles. The predicted molar refractivity (Wildman–Crippen MR) is 117 cm³/mol. The maximum absolute atomic E-state index is 12.3. The number of carbonyl (C=O) groups excluding carboxylic acids is 1. The molecule has 29 heavy (non-hydrogen) atoms. The topological polar surface area (TPSA) is 103 Å². The van der Waals surface area contributed by atoms with Crippen molar-refractivity contribution < 1.29 is 17.9 Å². The summed E-state index contributed by atoms with van der Waals surface area (Å²) in [5, 5.41) is 3.29. The molecule has 0 aromatic rings. The van der Waals surface area contributed by atoms with Crippen molar-refractivity contribution in [3.63, 3.8) is 0 Å². The Morgan fingerprint density at radius 2 is 1.86 bits per heavy atom. The molecule has 2 N–H and O–H groups in total. The average molecular weight is 434 g/mol. The van der Waals surface area contributed by atoms with Crippen LogP contribution in [0.15, 0.2) is 4.99 Å². The van der Waals surface area contributed by atoms with E-state index in [0.29, 0.717) is 38.5 Å². The summed E-state index contributed by atoms with van der Waals surface area (Å²) in [5.74, 6) is 1.28. The molecular weight excluding hydrogens is 394 g/mol. The van der Waals surface area contributed by atoms with Gasteiger partial charge in [0.2, 0.25) is 10.0 Å². The summed E-state index contributed by atoms with van der Waals surface area (Å²) in [4.78, 5) is 20.7. The molecule has 9 nitrogen and oxygen atoms in total. The van der Waals surface area contributed by atoms with Crippen molar-refractivity contribution in [2.24, 2.45) is 10.9 Å². The first-order chi connectivity index (χ1) is 13.4. The van der Waals surface area contributed by atoms with Gasteiger partial charge in [-0.05, 0) is 52.9 Å². The highest BCUT2D eigenvalue weighted by Gasteiger charge is 2.27. The standard InChI is InChI=1S/C19H39N5O4S/c1-7-23(18(25)28-19(2,3)4)15-16-9-13-24(14-10-16)17(20-5)21-11-8-12-22-29(6,26)27/h16,22H,7-15H2,1-6H3,(H,20,21).